The molecule has 0 fully saturated rings. The summed E-state index contributed by atoms with van der Waals surface area (Å²) >= 11 is 0. The predicted molar refractivity (Wildman–Crippen MR) is 72.6 cm³/mol. The number of hydrogen-bond acceptors (Lipinski definition) is 4. The van der Waals surface area contributed by atoms with Gasteiger partial charge in [-0.15, -0.1) is 0 Å². The first-order chi connectivity index (χ1) is 9.08. The van der Waals surface area contributed by atoms with Crippen LogP contribution < -0.4 is 5.43 Å². The third kappa shape index (κ3) is 2.38. The van der Waals surface area contributed by atoms with Gasteiger partial charge in [0.1, 0.15) is 16.9 Å². The quantitative estimate of drug-likeness (QED) is 0.796. The van der Waals surface area contributed by atoms with Crippen molar-refractivity contribution in [1.29, 1.82) is 0 Å². The summed E-state index contributed by atoms with van der Waals surface area (Å²) in [7, 11) is 0. The minimum atomic E-state index is -0.615. The molecule has 0 aliphatic rings. The molecule has 1 aromatic heterocycles. The standard InChI is InChI=1S/C15H16O4/c1-4-11-13(15(17)18-5-2)14(16)10-7-6-9(3)8-12(10)19-11/h6-8H,4-5H2,1-3H3. The van der Waals surface area contributed by atoms with E-state index in [0.29, 0.717) is 23.2 Å². The number of rotatable bonds is 3. The molecule has 19 heavy (non-hydrogen) atoms. The van der Waals surface area contributed by atoms with Crippen molar-refractivity contribution in [3.63, 3.8) is 0 Å². The maximum absolute atomic E-state index is 12.4. The molecule has 0 spiro atoms. The second-order valence-corrected chi connectivity index (χ2v) is 4.30. The van der Waals surface area contributed by atoms with Gasteiger partial charge >= 0.3 is 5.97 Å². The molecule has 0 bridgehead atoms. The Morgan fingerprint density at radius 3 is 2.68 bits per heavy atom. The molecule has 1 aromatic carbocycles. The van der Waals surface area contributed by atoms with Crippen LogP contribution in [0.15, 0.2) is 27.4 Å². The second kappa shape index (κ2) is 5.26. The van der Waals surface area contributed by atoms with E-state index in [-0.39, 0.29) is 17.6 Å². The van der Waals surface area contributed by atoms with Gasteiger partial charge in [0, 0.05) is 6.42 Å². The zero-order valence-electron chi connectivity index (χ0n) is 11.3. The molecule has 0 saturated heterocycles. The Morgan fingerprint density at radius 2 is 2.05 bits per heavy atom. The number of hydrogen-bond donors (Lipinski definition) is 0. The molecular formula is C15H16O4. The van der Waals surface area contributed by atoms with Crippen LogP contribution in [0.2, 0.25) is 0 Å². The molecule has 4 heteroatoms. The largest absolute Gasteiger partial charge is 0.462 e. The number of ether oxygens (including phenoxy) is 1. The predicted octanol–water partition coefficient (Wildman–Crippen LogP) is 2.84. The Labute approximate surface area is 111 Å². The molecule has 4 nitrogen and oxygen atoms in total. The number of esters is 1. The Hall–Kier alpha value is -2.10. The van der Waals surface area contributed by atoms with Gasteiger partial charge in [0.2, 0.25) is 5.43 Å². The Kier molecular flexibility index (Phi) is 3.69. The lowest BCUT2D eigenvalue weighted by atomic mass is 10.1. The van der Waals surface area contributed by atoms with Crippen molar-refractivity contribution in [3.05, 3.63) is 45.3 Å². The number of aryl methyl sites for hydroxylation is 2. The molecule has 100 valence electrons. The number of benzene rings is 1. The van der Waals surface area contributed by atoms with Gasteiger partial charge in [0.05, 0.1) is 12.0 Å². The second-order valence-electron chi connectivity index (χ2n) is 4.30. The maximum Gasteiger partial charge on any atom is 0.345 e. The van der Waals surface area contributed by atoms with Gasteiger partial charge in [-0.05, 0) is 31.5 Å². The zero-order valence-corrected chi connectivity index (χ0v) is 11.3. The van der Waals surface area contributed by atoms with E-state index in [9.17, 15) is 9.59 Å². The Bertz CT molecular complexity index is 682. The highest BCUT2D eigenvalue weighted by atomic mass is 16.5. The van der Waals surface area contributed by atoms with Crippen LogP contribution in [0, 0.1) is 6.92 Å². The van der Waals surface area contributed by atoms with E-state index in [1.54, 1.807) is 19.1 Å². The summed E-state index contributed by atoms with van der Waals surface area (Å²) in [6.07, 6.45) is 0.466. The minimum Gasteiger partial charge on any atom is -0.462 e. The van der Waals surface area contributed by atoms with Gasteiger partial charge in [0.25, 0.3) is 0 Å². The molecule has 0 saturated carbocycles. The Morgan fingerprint density at radius 1 is 1.32 bits per heavy atom. The number of fused-ring (bicyclic) bond motifs is 1. The van der Waals surface area contributed by atoms with E-state index < -0.39 is 5.97 Å². The lowest BCUT2D eigenvalue weighted by Gasteiger charge is -2.08. The lowest BCUT2D eigenvalue weighted by molar-refractivity contribution is 0.0520. The summed E-state index contributed by atoms with van der Waals surface area (Å²) in [5.74, 6) is -0.239. The molecule has 0 N–H and O–H groups in total. The van der Waals surface area contributed by atoms with E-state index in [2.05, 4.69) is 0 Å². The summed E-state index contributed by atoms with van der Waals surface area (Å²) in [6.45, 7) is 5.69. The summed E-state index contributed by atoms with van der Waals surface area (Å²) in [6, 6.07) is 5.29. The van der Waals surface area contributed by atoms with E-state index in [1.165, 1.54) is 0 Å². The van der Waals surface area contributed by atoms with Crippen LogP contribution >= 0.6 is 0 Å². The molecule has 2 rings (SSSR count). The van der Waals surface area contributed by atoms with Crippen molar-refractivity contribution in [2.45, 2.75) is 27.2 Å². The molecule has 0 atom stereocenters. The summed E-state index contributed by atoms with van der Waals surface area (Å²) < 4.78 is 10.6. The van der Waals surface area contributed by atoms with Crippen molar-refractivity contribution in [1.82, 2.24) is 0 Å². The highest BCUT2D eigenvalue weighted by Crippen LogP contribution is 2.18. The van der Waals surface area contributed by atoms with Gasteiger partial charge in [-0.25, -0.2) is 4.79 Å². The fraction of sp³-hybridized carbons (Fsp3) is 0.333. The van der Waals surface area contributed by atoms with Crippen molar-refractivity contribution >= 4 is 16.9 Å². The van der Waals surface area contributed by atoms with E-state index in [0.717, 1.165) is 5.56 Å². The number of carbonyl (C=O) groups excluding carboxylic acids is 1. The smallest absolute Gasteiger partial charge is 0.345 e. The van der Waals surface area contributed by atoms with Crippen LogP contribution in [0.3, 0.4) is 0 Å². The van der Waals surface area contributed by atoms with Crippen molar-refractivity contribution < 1.29 is 13.9 Å². The molecule has 0 unspecified atom stereocenters. The van der Waals surface area contributed by atoms with Crippen LogP contribution in [0.5, 0.6) is 0 Å². The van der Waals surface area contributed by atoms with Gasteiger partial charge in [-0.1, -0.05) is 13.0 Å². The third-order valence-electron chi connectivity index (χ3n) is 2.92. The van der Waals surface area contributed by atoms with Gasteiger partial charge in [-0.2, -0.15) is 0 Å². The van der Waals surface area contributed by atoms with Crippen LogP contribution in [0.25, 0.3) is 11.0 Å². The molecule has 2 aromatic rings. The minimum absolute atomic E-state index is 0.0145. The van der Waals surface area contributed by atoms with E-state index >= 15 is 0 Å². The van der Waals surface area contributed by atoms with Gasteiger partial charge in [0.15, 0.2) is 0 Å². The average Bonchev–Trinajstić information content (AvgIpc) is 2.38. The van der Waals surface area contributed by atoms with Gasteiger partial charge < -0.3 is 9.15 Å². The van der Waals surface area contributed by atoms with Crippen LogP contribution in [-0.4, -0.2) is 12.6 Å². The molecule has 0 aliphatic carbocycles. The molecular weight excluding hydrogens is 244 g/mol. The van der Waals surface area contributed by atoms with E-state index in [1.807, 2.05) is 19.9 Å². The molecule has 0 aliphatic heterocycles. The molecule has 0 amide bonds. The average molecular weight is 260 g/mol. The molecule has 0 radical (unpaired) electrons. The topological polar surface area (TPSA) is 56.5 Å². The van der Waals surface area contributed by atoms with Crippen LogP contribution in [0.1, 0.15) is 35.5 Å². The highest BCUT2D eigenvalue weighted by molar-refractivity contribution is 5.94. The molecule has 1 heterocycles. The number of carbonyl (C=O) groups is 1. The van der Waals surface area contributed by atoms with Crippen molar-refractivity contribution in [2.75, 3.05) is 6.61 Å². The highest BCUT2D eigenvalue weighted by Gasteiger charge is 2.20. The lowest BCUT2D eigenvalue weighted by Crippen LogP contribution is -2.20. The third-order valence-corrected chi connectivity index (χ3v) is 2.92. The maximum atomic E-state index is 12.4. The van der Waals surface area contributed by atoms with Gasteiger partial charge in [-0.3, -0.25) is 4.79 Å². The summed E-state index contributed by atoms with van der Waals surface area (Å²) in [5, 5.41) is 0.408. The zero-order chi connectivity index (χ0) is 14.0. The Balaban J connectivity index is 2.76. The first kappa shape index (κ1) is 13.3. The van der Waals surface area contributed by atoms with Crippen molar-refractivity contribution in [2.24, 2.45) is 0 Å². The fourth-order valence-electron chi connectivity index (χ4n) is 2.01. The SMILES string of the molecule is CCOC(=O)c1c(CC)oc2cc(C)ccc2c1=O. The summed E-state index contributed by atoms with van der Waals surface area (Å²) in [5.41, 5.74) is 1.20. The first-order valence-electron chi connectivity index (χ1n) is 6.32. The first-order valence-corrected chi connectivity index (χ1v) is 6.32. The van der Waals surface area contributed by atoms with Crippen LogP contribution in [-0.2, 0) is 11.2 Å². The van der Waals surface area contributed by atoms with E-state index in [4.69, 9.17) is 9.15 Å². The monoisotopic (exact) mass is 260 g/mol. The normalized spacial score (nSPS) is 10.7. The summed E-state index contributed by atoms with van der Waals surface area (Å²) in [4.78, 5) is 24.2. The fourth-order valence-corrected chi connectivity index (χ4v) is 2.01. The van der Waals surface area contributed by atoms with Crippen LogP contribution in [0.4, 0.5) is 0 Å². The van der Waals surface area contributed by atoms with Crippen molar-refractivity contribution in [3.8, 4) is 0 Å².